The Balaban J connectivity index is 2.35. The minimum Gasteiger partial charge on any atom is -0.301 e. The van der Waals surface area contributed by atoms with Crippen LogP contribution in [0.25, 0.3) is 0 Å². The molecule has 2 rings (SSSR count). The Labute approximate surface area is 117 Å². The fraction of sp³-hybridized carbons (Fsp3) is 0.273. The number of nitrogens with zero attached hydrogens (tertiary/aromatic N) is 3. The molecule has 0 spiro atoms. The van der Waals surface area contributed by atoms with Gasteiger partial charge in [0.2, 0.25) is 0 Å². The number of hydrogen-bond donors (Lipinski definition) is 2. The van der Waals surface area contributed by atoms with Gasteiger partial charge in [0.15, 0.2) is 5.01 Å². The van der Waals surface area contributed by atoms with Gasteiger partial charge in [0.25, 0.3) is 11.5 Å². The van der Waals surface area contributed by atoms with Crippen LogP contribution < -0.4 is 22.5 Å². The highest BCUT2D eigenvalue weighted by molar-refractivity contribution is 7.11. The molecule has 8 nitrogen and oxygen atoms in total. The van der Waals surface area contributed by atoms with E-state index in [1.54, 1.807) is 5.38 Å². The molecular formula is C11H13N5O3S. The summed E-state index contributed by atoms with van der Waals surface area (Å²) in [6.45, 7) is 2.30. The van der Waals surface area contributed by atoms with Crippen LogP contribution in [0.15, 0.2) is 27.2 Å². The Morgan fingerprint density at radius 2 is 2.25 bits per heavy atom. The van der Waals surface area contributed by atoms with Crippen LogP contribution in [0.4, 0.5) is 0 Å². The lowest BCUT2D eigenvalue weighted by Gasteiger charge is -2.06. The number of hydrogen-bond acceptors (Lipinski definition) is 6. The fourth-order valence-corrected chi connectivity index (χ4v) is 2.36. The van der Waals surface area contributed by atoms with Crippen molar-refractivity contribution in [3.8, 4) is 0 Å². The highest BCUT2D eigenvalue weighted by atomic mass is 32.1. The number of aromatic nitrogens is 3. The fourth-order valence-electron chi connectivity index (χ4n) is 1.65. The normalized spacial score (nSPS) is 10.5. The van der Waals surface area contributed by atoms with Crippen molar-refractivity contribution in [2.45, 2.75) is 20.0 Å². The monoisotopic (exact) mass is 295 g/mol. The highest BCUT2D eigenvalue weighted by Crippen LogP contribution is 2.09. The molecule has 0 saturated carbocycles. The molecule has 0 atom stereocenters. The molecule has 2 heterocycles. The third kappa shape index (κ3) is 2.68. The molecule has 0 aliphatic carbocycles. The Morgan fingerprint density at radius 1 is 1.50 bits per heavy atom. The molecule has 1 amide bonds. The van der Waals surface area contributed by atoms with Crippen LogP contribution >= 0.6 is 11.3 Å². The van der Waals surface area contributed by atoms with Gasteiger partial charge in [-0.05, 0) is 6.92 Å². The number of hydrazine groups is 1. The average molecular weight is 295 g/mol. The highest BCUT2D eigenvalue weighted by Gasteiger charge is 2.11. The van der Waals surface area contributed by atoms with Crippen molar-refractivity contribution in [2.75, 3.05) is 0 Å². The van der Waals surface area contributed by atoms with Crippen molar-refractivity contribution in [3.63, 3.8) is 0 Å². The molecule has 2 aromatic rings. The predicted octanol–water partition coefficient (Wildman–Crippen LogP) is -0.862. The number of nitrogen functional groups attached to an aromatic ring is 1. The van der Waals surface area contributed by atoms with Gasteiger partial charge in [-0.3, -0.25) is 19.6 Å². The van der Waals surface area contributed by atoms with Gasteiger partial charge >= 0.3 is 5.69 Å². The SMILES string of the molecule is CCn1ccc(=O)n(Cc2csc(C(=O)NN)n2)c1=O. The molecule has 2 aromatic heterocycles. The summed E-state index contributed by atoms with van der Waals surface area (Å²) in [7, 11) is 0. The lowest BCUT2D eigenvalue weighted by Crippen LogP contribution is -2.39. The molecule has 0 aliphatic rings. The van der Waals surface area contributed by atoms with Gasteiger partial charge in [-0.25, -0.2) is 15.6 Å². The molecule has 106 valence electrons. The smallest absolute Gasteiger partial charge is 0.301 e. The molecule has 0 saturated heterocycles. The molecule has 0 aromatic carbocycles. The number of amides is 1. The van der Waals surface area contributed by atoms with E-state index in [1.807, 2.05) is 12.3 Å². The topological polar surface area (TPSA) is 112 Å². The Hall–Kier alpha value is -2.26. The van der Waals surface area contributed by atoms with Gasteiger partial charge in [-0.2, -0.15) is 0 Å². The molecule has 0 unspecified atom stereocenters. The van der Waals surface area contributed by atoms with E-state index in [4.69, 9.17) is 5.84 Å². The second-order valence-corrected chi connectivity index (χ2v) is 4.78. The first-order valence-corrected chi connectivity index (χ1v) is 6.70. The van der Waals surface area contributed by atoms with Crippen LogP contribution in [0, 0.1) is 0 Å². The predicted molar refractivity (Wildman–Crippen MR) is 73.5 cm³/mol. The number of carbonyl (C=O) groups is 1. The zero-order valence-electron chi connectivity index (χ0n) is 10.7. The minimum absolute atomic E-state index is 0.0207. The number of nitrogens with one attached hydrogen (secondary N) is 1. The first-order valence-electron chi connectivity index (χ1n) is 5.82. The first kappa shape index (κ1) is 14.2. The molecule has 0 fully saturated rings. The van der Waals surface area contributed by atoms with E-state index in [9.17, 15) is 14.4 Å². The second kappa shape index (κ2) is 5.80. The number of carbonyl (C=O) groups excluding carboxylic acids is 1. The van der Waals surface area contributed by atoms with Gasteiger partial charge < -0.3 is 4.57 Å². The van der Waals surface area contributed by atoms with E-state index in [-0.39, 0.29) is 11.6 Å². The van der Waals surface area contributed by atoms with E-state index >= 15 is 0 Å². The van der Waals surface area contributed by atoms with E-state index in [0.717, 1.165) is 15.9 Å². The standard InChI is InChI=1S/C11H13N5O3S/c1-2-15-4-3-8(17)16(11(15)19)5-7-6-20-10(13-7)9(18)14-12/h3-4,6H,2,5,12H2,1H3,(H,14,18). The number of nitrogens with two attached hydrogens (primary N) is 1. The van der Waals surface area contributed by atoms with Crippen LogP contribution in [0.2, 0.25) is 0 Å². The lowest BCUT2D eigenvalue weighted by molar-refractivity contribution is 0.0953. The Bertz CT molecular complexity index is 745. The van der Waals surface area contributed by atoms with Gasteiger partial charge in [0, 0.05) is 24.2 Å². The van der Waals surface area contributed by atoms with Crippen molar-refractivity contribution < 1.29 is 4.79 Å². The van der Waals surface area contributed by atoms with Crippen molar-refractivity contribution >= 4 is 17.2 Å². The van der Waals surface area contributed by atoms with Crippen LogP contribution in [0.3, 0.4) is 0 Å². The molecule has 0 bridgehead atoms. The molecule has 0 aliphatic heterocycles. The Kier molecular flexibility index (Phi) is 4.11. The molecule has 20 heavy (non-hydrogen) atoms. The summed E-state index contributed by atoms with van der Waals surface area (Å²) in [5, 5.41) is 1.79. The summed E-state index contributed by atoms with van der Waals surface area (Å²) < 4.78 is 2.49. The van der Waals surface area contributed by atoms with Crippen molar-refractivity contribution in [3.05, 3.63) is 49.2 Å². The van der Waals surface area contributed by atoms with E-state index in [2.05, 4.69) is 4.98 Å². The third-order valence-corrected chi connectivity index (χ3v) is 3.57. The van der Waals surface area contributed by atoms with Gasteiger partial charge in [-0.1, -0.05) is 0 Å². The van der Waals surface area contributed by atoms with Crippen molar-refractivity contribution in [1.82, 2.24) is 19.5 Å². The number of thiazole rings is 1. The summed E-state index contributed by atoms with van der Waals surface area (Å²) in [5.74, 6) is 4.50. The van der Waals surface area contributed by atoms with E-state index in [0.29, 0.717) is 12.2 Å². The van der Waals surface area contributed by atoms with Gasteiger partial charge in [0.1, 0.15) is 0 Å². The van der Waals surface area contributed by atoms with Gasteiger partial charge in [-0.15, -0.1) is 11.3 Å². The third-order valence-electron chi connectivity index (χ3n) is 2.68. The zero-order chi connectivity index (χ0) is 14.7. The molecular weight excluding hydrogens is 282 g/mol. The largest absolute Gasteiger partial charge is 0.331 e. The lowest BCUT2D eigenvalue weighted by atomic mass is 10.4. The number of rotatable bonds is 4. The summed E-state index contributed by atoms with van der Waals surface area (Å²) >= 11 is 1.10. The quantitative estimate of drug-likeness (QED) is 0.433. The first-order chi connectivity index (χ1) is 9.56. The summed E-state index contributed by atoms with van der Waals surface area (Å²) in [6.07, 6.45) is 1.45. The maximum absolute atomic E-state index is 12.0. The maximum atomic E-state index is 12.0. The van der Waals surface area contributed by atoms with Gasteiger partial charge in [0.05, 0.1) is 12.2 Å². The van der Waals surface area contributed by atoms with Crippen molar-refractivity contribution in [2.24, 2.45) is 5.84 Å². The molecule has 3 N–H and O–H groups in total. The van der Waals surface area contributed by atoms with Crippen LogP contribution in [-0.4, -0.2) is 20.0 Å². The minimum atomic E-state index is -0.507. The van der Waals surface area contributed by atoms with Crippen molar-refractivity contribution in [1.29, 1.82) is 0 Å². The zero-order valence-corrected chi connectivity index (χ0v) is 11.5. The van der Waals surface area contributed by atoms with Crippen LogP contribution in [-0.2, 0) is 13.1 Å². The van der Waals surface area contributed by atoms with E-state index < -0.39 is 17.2 Å². The summed E-state index contributed by atoms with van der Waals surface area (Å²) in [6, 6.07) is 1.32. The van der Waals surface area contributed by atoms with Crippen LogP contribution in [0.5, 0.6) is 0 Å². The maximum Gasteiger partial charge on any atom is 0.331 e. The van der Waals surface area contributed by atoms with Crippen LogP contribution in [0.1, 0.15) is 22.4 Å². The Morgan fingerprint density at radius 3 is 2.90 bits per heavy atom. The molecule has 9 heteroatoms. The average Bonchev–Trinajstić information content (AvgIpc) is 2.91. The number of aryl methyl sites for hydroxylation is 1. The van der Waals surface area contributed by atoms with E-state index in [1.165, 1.54) is 16.8 Å². The summed E-state index contributed by atoms with van der Waals surface area (Å²) in [4.78, 5) is 39.1. The second-order valence-electron chi connectivity index (χ2n) is 3.93. The summed E-state index contributed by atoms with van der Waals surface area (Å²) in [5.41, 5.74) is 1.62. The molecule has 0 radical (unpaired) electrons.